The minimum Gasteiger partial charge on any atom is -0.497 e. The number of hydrogen-bond acceptors (Lipinski definition) is 5. The van der Waals surface area contributed by atoms with Crippen molar-refractivity contribution in [1.29, 1.82) is 0 Å². The number of aryl methyl sites for hydroxylation is 1. The molecule has 3 aromatic carbocycles. The van der Waals surface area contributed by atoms with Gasteiger partial charge < -0.3 is 14.2 Å². The second-order valence-electron chi connectivity index (χ2n) is 8.40. The van der Waals surface area contributed by atoms with Gasteiger partial charge in [0.25, 0.3) is 0 Å². The van der Waals surface area contributed by atoms with E-state index in [2.05, 4.69) is 4.90 Å². The van der Waals surface area contributed by atoms with Crippen molar-refractivity contribution in [3.63, 3.8) is 0 Å². The van der Waals surface area contributed by atoms with Crippen molar-refractivity contribution in [2.75, 3.05) is 20.4 Å². The lowest BCUT2D eigenvalue weighted by atomic mass is 9.98. The highest BCUT2D eigenvalue weighted by Crippen LogP contribution is 2.44. The summed E-state index contributed by atoms with van der Waals surface area (Å²) in [7, 11) is 1.61. The zero-order chi connectivity index (χ0) is 23.8. The summed E-state index contributed by atoms with van der Waals surface area (Å²) in [6.07, 6.45) is 2.50. The normalized spacial score (nSPS) is 16.1. The van der Waals surface area contributed by atoms with Crippen molar-refractivity contribution in [1.82, 2.24) is 4.90 Å². The molecule has 7 heteroatoms. The van der Waals surface area contributed by atoms with Gasteiger partial charge in [0, 0.05) is 23.1 Å². The summed E-state index contributed by atoms with van der Waals surface area (Å²) in [4.78, 5) is 15.4. The van der Waals surface area contributed by atoms with Crippen LogP contribution < -0.4 is 14.2 Å². The average Bonchev–Trinajstić information content (AvgIpc) is 3.15. The van der Waals surface area contributed by atoms with Crippen LogP contribution in [-0.2, 0) is 13.0 Å². The van der Waals surface area contributed by atoms with Crippen LogP contribution in [0.3, 0.4) is 0 Å². The van der Waals surface area contributed by atoms with Crippen molar-refractivity contribution >= 4 is 35.1 Å². The number of benzene rings is 3. The molecule has 2 aliphatic heterocycles. The molecular weight excluding hydrogens is 473 g/mol. The van der Waals surface area contributed by atoms with E-state index in [4.69, 9.17) is 37.4 Å². The second-order valence-corrected chi connectivity index (χ2v) is 9.25. The Morgan fingerprint density at radius 3 is 2.79 bits per heavy atom. The van der Waals surface area contributed by atoms with E-state index in [1.807, 2.05) is 49.4 Å². The number of allylic oxidation sites excluding steroid dienone is 1. The second kappa shape index (κ2) is 9.34. The molecule has 0 N–H and O–H groups in total. The molecule has 0 radical (unpaired) electrons. The third kappa shape index (κ3) is 4.39. The summed E-state index contributed by atoms with van der Waals surface area (Å²) in [5.74, 6) is 2.24. The van der Waals surface area contributed by atoms with Crippen molar-refractivity contribution in [2.24, 2.45) is 0 Å². The number of Topliss-reactive ketones (excluding diaryl/α,β-unsaturated/α-hetero) is 1. The zero-order valence-electron chi connectivity index (χ0n) is 18.9. The molecule has 2 heterocycles. The Balaban J connectivity index is 1.39. The maximum absolute atomic E-state index is 13.2. The SMILES string of the molecule is COc1cccc(/C=C2/Oc3c4c(cc(C)c3C2=O)OCN(CCc2ccc(Cl)cc2Cl)C4)c1. The fourth-order valence-electron chi connectivity index (χ4n) is 4.30. The van der Waals surface area contributed by atoms with Crippen LogP contribution in [0.4, 0.5) is 0 Å². The molecule has 3 aromatic rings. The average molecular weight is 496 g/mol. The van der Waals surface area contributed by atoms with Crippen molar-refractivity contribution in [2.45, 2.75) is 19.9 Å². The van der Waals surface area contributed by atoms with Gasteiger partial charge in [-0.05, 0) is 66.4 Å². The predicted molar refractivity (Wildman–Crippen MR) is 133 cm³/mol. The molecule has 0 amide bonds. The molecule has 34 heavy (non-hydrogen) atoms. The van der Waals surface area contributed by atoms with Gasteiger partial charge in [-0.2, -0.15) is 0 Å². The lowest BCUT2D eigenvalue weighted by molar-refractivity contribution is 0.0949. The highest BCUT2D eigenvalue weighted by atomic mass is 35.5. The Bertz CT molecular complexity index is 1320. The quantitative estimate of drug-likeness (QED) is 0.387. The third-order valence-corrected chi connectivity index (χ3v) is 6.68. The summed E-state index contributed by atoms with van der Waals surface area (Å²) >= 11 is 12.3. The van der Waals surface area contributed by atoms with Crippen LogP contribution in [0, 0.1) is 6.92 Å². The zero-order valence-corrected chi connectivity index (χ0v) is 20.4. The van der Waals surface area contributed by atoms with E-state index in [-0.39, 0.29) is 5.78 Å². The molecule has 2 aliphatic rings. The highest BCUT2D eigenvalue weighted by molar-refractivity contribution is 6.35. The van der Waals surface area contributed by atoms with Gasteiger partial charge in [-0.3, -0.25) is 9.69 Å². The molecule has 174 valence electrons. The van der Waals surface area contributed by atoms with Crippen molar-refractivity contribution in [3.05, 3.63) is 92.2 Å². The first-order valence-corrected chi connectivity index (χ1v) is 11.7. The number of ketones is 1. The minimum absolute atomic E-state index is 0.122. The molecule has 0 aromatic heterocycles. The molecule has 0 saturated heterocycles. The van der Waals surface area contributed by atoms with E-state index in [0.717, 1.165) is 46.7 Å². The van der Waals surface area contributed by atoms with Gasteiger partial charge in [-0.25, -0.2) is 0 Å². The molecule has 5 rings (SSSR count). The van der Waals surface area contributed by atoms with Gasteiger partial charge in [0.05, 0.1) is 18.2 Å². The number of carbonyl (C=O) groups is 1. The standard InChI is InChI=1S/C27H23Cl2NO4/c1-16-10-23-21(14-30(15-33-23)9-8-18-6-7-19(28)13-22(18)29)27-25(16)26(31)24(34-27)12-17-4-3-5-20(11-17)32-2/h3-7,10-13H,8-9,14-15H2,1-2H3/b24-12+. The molecule has 0 fully saturated rings. The van der Waals surface area contributed by atoms with Crippen LogP contribution in [0.15, 0.2) is 54.3 Å². The lowest BCUT2D eigenvalue weighted by Crippen LogP contribution is -2.34. The minimum atomic E-state index is -0.122. The first-order chi connectivity index (χ1) is 16.4. The Morgan fingerprint density at radius 2 is 2.00 bits per heavy atom. The number of ether oxygens (including phenoxy) is 3. The summed E-state index contributed by atoms with van der Waals surface area (Å²) in [6, 6.07) is 15.0. The van der Waals surface area contributed by atoms with E-state index in [1.54, 1.807) is 19.3 Å². The Kier molecular flexibility index (Phi) is 6.26. The summed E-state index contributed by atoms with van der Waals surface area (Å²) in [6.45, 7) is 3.72. The van der Waals surface area contributed by atoms with Gasteiger partial charge in [0.1, 0.15) is 24.0 Å². The number of methoxy groups -OCH3 is 1. The van der Waals surface area contributed by atoms with E-state index in [9.17, 15) is 4.79 Å². The lowest BCUT2D eigenvalue weighted by Gasteiger charge is -2.30. The number of halogens is 2. The van der Waals surface area contributed by atoms with Crippen LogP contribution in [-0.4, -0.2) is 31.1 Å². The maximum atomic E-state index is 13.2. The topological polar surface area (TPSA) is 48.0 Å². The van der Waals surface area contributed by atoms with E-state index < -0.39 is 0 Å². The molecule has 0 unspecified atom stereocenters. The smallest absolute Gasteiger partial charge is 0.232 e. The largest absolute Gasteiger partial charge is 0.497 e. The monoisotopic (exact) mass is 495 g/mol. The van der Waals surface area contributed by atoms with Crippen LogP contribution in [0.1, 0.15) is 32.6 Å². The summed E-state index contributed by atoms with van der Waals surface area (Å²) in [5.41, 5.74) is 4.19. The molecule has 0 bridgehead atoms. The first kappa shape index (κ1) is 22.8. The maximum Gasteiger partial charge on any atom is 0.232 e. The van der Waals surface area contributed by atoms with Gasteiger partial charge >= 0.3 is 0 Å². The summed E-state index contributed by atoms with van der Waals surface area (Å²) in [5, 5.41) is 1.28. The fourth-order valence-corrected chi connectivity index (χ4v) is 4.81. The summed E-state index contributed by atoms with van der Waals surface area (Å²) < 4.78 is 17.5. The van der Waals surface area contributed by atoms with Crippen LogP contribution >= 0.6 is 23.2 Å². The Morgan fingerprint density at radius 1 is 1.15 bits per heavy atom. The number of rotatable bonds is 5. The number of fused-ring (bicyclic) bond motifs is 3. The van der Waals surface area contributed by atoms with Crippen LogP contribution in [0.25, 0.3) is 6.08 Å². The van der Waals surface area contributed by atoms with Crippen LogP contribution in [0.2, 0.25) is 10.0 Å². The third-order valence-electron chi connectivity index (χ3n) is 6.09. The van der Waals surface area contributed by atoms with Crippen LogP contribution in [0.5, 0.6) is 17.2 Å². The van der Waals surface area contributed by atoms with E-state index in [1.165, 1.54) is 0 Å². The number of nitrogens with zero attached hydrogens (tertiary/aromatic N) is 1. The van der Waals surface area contributed by atoms with Gasteiger partial charge in [0.2, 0.25) is 5.78 Å². The first-order valence-electron chi connectivity index (χ1n) is 11.0. The van der Waals surface area contributed by atoms with Gasteiger partial charge in [-0.15, -0.1) is 0 Å². The van der Waals surface area contributed by atoms with Crippen molar-refractivity contribution in [3.8, 4) is 17.2 Å². The molecular formula is C27H23Cl2NO4. The molecule has 0 aliphatic carbocycles. The number of carbonyl (C=O) groups excluding carboxylic acids is 1. The van der Waals surface area contributed by atoms with Crippen molar-refractivity contribution < 1.29 is 19.0 Å². The van der Waals surface area contributed by atoms with Gasteiger partial charge in [0.15, 0.2) is 5.76 Å². The molecule has 0 spiro atoms. The predicted octanol–water partition coefficient (Wildman–Crippen LogP) is 6.32. The molecule has 5 nitrogen and oxygen atoms in total. The van der Waals surface area contributed by atoms with Gasteiger partial charge in [-0.1, -0.05) is 41.4 Å². The fraction of sp³-hybridized carbons (Fsp3) is 0.222. The van der Waals surface area contributed by atoms with E-state index in [0.29, 0.717) is 40.4 Å². The Hall–Kier alpha value is -2.99. The van der Waals surface area contributed by atoms with E-state index >= 15 is 0 Å². The molecule has 0 saturated carbocycles. The highest BCUT2D eigenvalue weighted by Gasteiger charge is 2.35. The number of hydrogen-bond donors (Lipinski definition) is 0. The Labute approximate surface area is 208 Å². The molecule has 0 atom stereocenters.